The van der Waals surface area contributed by atoms with E-state index in [1.165, 1.54) is 11.1 Å². The van der Waals surface area contributed by atoms with Crippen LogP contribution in [0.3, 0.4) is 0 Å². The third kappa shape index (κ3) is 2.13. The first-order valence-electron chi connectivity index (χ1n) is 5.91. The van der Waals surface area contributed by atoms with Crippen molar-refractivity contribution in [2.24, 2.45) is 0 Å². The third-order valence-electron chi connectivity index (χ3n) is 3.64. The Kier molecular flexibility index (Phi) is 3.06. The van der Waals surface area contributed by atoms with Gasteiger partial charge in [0.25, 0.3) is 0 Å². The number of hydrogen-bond acceptors (Lipinski definition) is 1. The lowest BCUT2D eigenvalue weighted by Gasteiger charge is -2.39. The highest BCUT2D eigenvalue weighted by Crippen LogP contribution is 2.42. The number of halogens is 1. The van der Waals surface area contributed by atoms with Gasteiger partial charge in [-0.3, -0.25) is 4.79 Å². The maximum atomic E-state index is 11.7. The van der Waals surface area contributed by atoms with Crippen molar-refractivity contribution in [3.8, 4) is 0 Å². The summed E-state index contributed by atoms with van der Waals surface area (Å²) in [4.78, 5) is 13.6. The van der Waals surface area contributed by atoms with Crippen molar-refractivity contribution in [3.63, 3.8) is 0 Å². The third-order valence-corrected chi connectivity index (χ3v) is 4.49. The molecule has 0 saturated carbocycles. The maximum absolute atomic E-state index is 11.7. The second-order valence-corrected chi connectivity index (χ2v) is 6.28. The lowest BCUT2D eigenvalue weighted by atomic mass is 9.77. The van der Waals surface area contributed by atoms with E-state index in [0.29, 0.717) is 0 Å². The van der Waals surface area contributed by atoms with Crippen molar-refractivity contribution in [2.45, 2.75) is 39.5 Å². The molecule has 2 nitrogen and oxygen atoms in total. The minimum Gasteiger partial charge on any atom is -0.312 e. The summed E-state index contributed by atoms with van der Waals surface area (Å²) in [6, 6.07) is 4.28. The molecule has 0 saturated heterocycles. The van der Waals surface area contributed by atoms with Crippen LogP contribution in [-0.2, 0) is 10.2 Å². The van der Waals surface area contributed by atoms with Crippen LogP contribution in [0.5, 0.6) is 0 Å². The standard InChI is InChI=1S/C14H18BrNO/c1-9-7-13-11(8-12(9)15)14(3,4)5-6-16(13)10(2)17/h7-8H,5-6H2,1-4H3. The number of nitrogens with zero attached hydrogens (tertiary/aromatic N) is 1. The van der Waals surface area contributed by atoms with E-state index in [1.807, 2.05) is 4.90 Å². The molecule has 0 aromatic heterocycles. The zero-order chi connectivity index (χ0) is 12.8. The molecule has 92 valence electrons. The molecule has 0 fully saturated rings. The van der Waals surface area contributed by atoms with Crippen LogP contribution in [0.15, 0.2) is 16.6 Å². The van der Waals surface area contributed by atoms with Gasteiger partial charge in [-0.05, 0) is 42.0 Å². The van der Waals surface area contributed by atoms with Crippen LogP contribution >= 0.6 is 15.9 Å². The molecular weight excluding hydrogens is 278 g/mol. The number of hydrogen-bond donors (Lipinski definition) is 0. The molecule has 2 rings (SSSR count). The fraction of sp³-hybridized carbons (Fsp3) is 0.500. The quantitative estimate of drug-likeness (QED) is 0.713. The highest BCUT2D eigenvalue weighted by Gasteiger charge is 2.33. The van der Waals surface area contributed by atoms with Gasteiger partial charge in [-0.15, -0.1) is 0 Å². The molecule has 1 aliphatic heterocycles. The first-order chi connectivity index (χ1) is 7.83. The average Bonchev–Trinajstić information content (AvgIpc) is 2.20. The highest BCUT2D eigenvalue weighted by molar-refractivity contribution is 9.10. The van der Waals surface area contributed by atoms with E-state index in [2.05, 4.69) is 48.8 Å². The Morgan fingerprint density at radius 1 is 1.41 bits per heavy atom. The van der Waals surface area contributed by atoms with Gasteiger partial charge in [-0.1, -0.05) is 29.8 Å². The zero-order valence-corrected chi connectivity index (χ0v) is 12.4. The van der Waals surface area contributed by atoms with Crippen LogP contribution < -0.4 is 4.90 Å². The summed E-state index contributed by atoms with van der Waals surface area (Å²) in [5, 5.41) is 0. The number of benzene rings is 1. The SMILES string of the molecule is CC(=O)N1CCC(C)(C)c2cc(Br)c(C)cc21. The topological polar surface area (TPSA) is 20.3 Å². The van der Waals surface area contributed by atoms with E-state index in [-0.39, 0.29) is 11.3 Å². The van der Waals surface area contributed by atoms with Gasteiger partial charge >= 0.3 is 0 Å². The molecule has 0 aliphatic carbocycles. The normalized spacial score (nSPS) is 17.8. The van der Waals surface area contributed by atoms with Gasteiger partial charge in [-0.2, -0.15) is 0 Å². The molecule has 3 heteroatoms. The van der Waals surface area contributed by atoms with E-state index in [0.717, 1.165) is 23.1 Å². The minimum atomic E-state index is 0.128. The summed E-state index contributed by atoms with van der Waals surface area (Å²) in [7, 11) is 0. The summed E-state index contributed by atoms with van der Waals surface area (Å²) in [6.07, 6.45) is 1.01. The van der Waals surface area contributed by atoms with Gasteiger partial charge in [0.2, 0.25) is 5.91 Å². The fourth-order valence-corrected chi connectivity index (χ4v) is 2.75. The Hall–Kier alpha value is -0.830. The van der Waals surface area contributed by atoms with Gasteiger partial charge < -0.3 is 4.90 Å². The molecule has 1 amide bonds. The van der Waals surface area contributed by atoms with Gasteiger partial charge in [0.15, 0.2) is 0 Å². The van der Waals surface area contributed by atoms with Crippen molar-refractivity contribution < 1.29 is 4.79 Å². The summed E-state index contributed by atoms with van der Waals surface area (Å²) >= 11 is 3.58. The highest BCUT2D eigenvalue weighted by atomic mass is 79.9. The number of carbonyl (C=O) groups excluding carboxylic acids is 1. The molecular formula is C14H18BrNO. The lowest BCUT2D eigenvalue weighted by molar-refractivity contribution is -0.116. The monoisotopic (exact) mass is 295 g/mol. The Bertz CT molecular complexity index is 479. The molecule has 0 spiro atoms. The van der Waals surface area contributed by atoms with Gasteiger partial charge in [0.1, 0.15) is 0 Å². The second-order valence-electron chi connectivity index (χ2n) is 5.42. The number of carbonyl (C=O) groups is 1. The summed E-state index contributed by atoms with van der Waals surface area (Å²) < 4.78 is 1.12. The summed E-state index contributed by atoms with van der Waals surface area (Å²) in [5.41, 5.74) is 3.65. The average molecular weight is 296 g/mol. The predicted molar refractivity (Wildman–Crippen MR) is 74.5 cm³/mol. The number of aryl methyl sites for hydroxylation is 1. The Balaban J connectivity index is 2.64. The van der Waals surface area contributed by atoms with Gasteiger partial charge in [-0.25, -0.2) is 0 Å². The van der Waals surface area contributed by atoms with E-state index in [1.54, 1.807) is 6.92 Å². The molecule has 1 aromatic rings. The van der Waals surface area contributed by atoms with Crippen LogP contribution in [0.4, 0.5) is 5.69 Å². The zero-order valence-electron chi connectivity index (χ0n) is 10.8. The maximum Gasteiger partial charge on any atom is 0.223 e. The molecule has 0 unspecified atom stereocenters. The van der Waals surface area contributed by atoms with Crippen molar-refractivity contribution >= 4 is 27.5 Å². The predicted octanol–water partition coefficient (Wildman–Crippen LogP) is 3.79. The van der Waals surface area contributed by atoms with Gasteiger partial charge in [0.05, 0.1) is 0 Å². The first-order valence-corrected chi connectivity index (χ1v) is 6.71. The van der Waals surface area contributed by atoms with E-state index in [4.69, 9.17) is 0 Å². The van der Waals surface area contributed by atoms with Crippen LogP contribution in [0.2, 0.25) is 0 Å². The molecule has 1 heterocycles. The molecule has 1 aliphatic rings. The Morgan fingerprint density at radius 2 is 2.06 bits per heavy atom. The van der Waals surface area contributed by atoms with E-state index < -0.39 is 0 Å². The Labute approximate surface area is 111 Å². The second kappa shape index (κ2) is 4.13. The van der Waals surface area contributed by atoms with Crippen LogP contribution in [0.1, 0.15) is 38.3 Å². The van der Waals surface area contributed by atoms with Crippen molar-refractivity contribution in [3.05, 3.63) is 27.7 Å². The molecule has 1 aromatic carbocycles. The minimum absolute atomic E-state index is 0.128. The van der Waals surface area contributed by atoms with Crippen LogP contribution in [0, 0.1) is 6.92 Å². The smallest absolute Gasteiger partial charge is 0.223 e. The van der Waals surface area contributed by atoms with E-state index >= 15 is 0 Å². The molecule has 17 heavy (non-hydrogen) atoms. The van der Waals surface area contributed by atoms with Gasteiger partial charge in [0, 0.05) is 23.6 Å². The molecule has 0 bridgehead atoms. The summed E-state index contributed by atoms with van der Waals surface area (Å²) in [6.45, 7) is 9.00. The summed E-state index contributed by atoms with van der Waals surface area (Å²) in [5.74, 6) is 0.128. The number of rotatable bonds is 0. The van der Waals surface area contributed by atoms with E-state index in [9.17, 15) is 4.79 Å². The van der Waals surface area contributed by atoms with Crippen molar-refractivity contribution in [1.29, 1.82) is 0 Å². The molecule has 0 atom stereocenters. The largest absolute Gasteiger partial charge is 0.312 e. The fourth-order valence-electron chi connectivity index (χ4n) is 2.41. The number of amides is 1. The Morgan fingerprint density at radius 3 is 2.65 bits per heavy atom. The lowest BCUT2D eigenvalue weighted by Crippen LogP contribution is -2.40. The molecule has 0 radical (unpaired) electrons. The molecule has 0 N–H and O–H groups in total. The first kappa shape index (κ1) is 12.6. The van der Waals surface area contributed by atoms with Crippen LogP contribution in [-0.4, -0.2) is 12.5 Å². The van der Waals surface area contributed by atoms with Crippen LogP contribution in [0.25, 0.3) is 0 Å². The van der Waals surface area contributed by atoms with Crippen molar-refractivity contribution in [1.82, 2.24) is 0 Å². The van der Waals surface area contributed by atoms with Crippen molar-refractivity contribution in [2.75, 3.05) is 11.4 Å². The number of fused-ring (bicyclic) bond motifs is 1. The number of anilines is 1.